The van der Waals surface area contributed by atoms with Gasteiger partial charge in [-0.05, 0) is 73.4 Å². The molecule has 14 heteroatoms. The molecule has 0 saturated carbocycles. The molecule has 7 rings (SSSR count). The maximum atomic E-state index is 12.9. The summed E-state index contributed by atoms with van der Waals surface area (Å²) >= 11 is 0. The van der Waals surface area contributed by atoms with Gasteiger partial charge in [0.15, 0.2) is 17.0 Å². The molecule has 11 nitrogen and oxygen atoms in total. The van der Waals surface area contributed by atoms with Crippen LogP contribution >= 0.6 is 0 Å². The predicted octanol–water partition coefficient (Wildman–Crippen LogP) is 7.29. The molecule has 49 heavy (non-hydrogen) atoms. The van der Waals surface area contributed by atoms with Gasteiger partial charge < -0.3 is 24.0 Å². The Labute approximate surface area is 278 Å². The molecule has 0 bridgehead atoms. The summed E-state index contributed by atoms with van der Waals surface area (Å²) in [6.45, 7) is 2.56. The van der Waals surface area contributed by atoms with E-state index in [1.807, 2.05) is 73.7 Å². The standard InChI is InChI=1S/C35H31F3N6O5/c1-21-5-3-7-27-30(21)48-33(41-27)23-10-14-26(15-11-23)47-28-16-17-39-32-29(28)31(42-44(32)19-22-8-12-25(46-2)13-9-22)40-24-6-4-18-43(20-24)49-34(45)35(36,37)38/h3,5,7-17,24H,4,6,18-20H2,1-2H3,(H,40,42)/t24-/m1/s1. The van der Waals surface area contributed by atoms with Crippen molar-refractivity contribution in [2.45, 2.75) is 38.5 Å². The molecular weight excluding hydrogens is 641 g/mol. The fraction of sp³-hybridized carbons (Fsp3) is 0.257. The maximum absolute atomic E-state index is 12.9. The number of benzene rings is 3. The zero-order valence-corrected chi connectivity index (χ0v) is 26.5. The molecule has 0 spiro atoms. The molecule has 3 aromatic carbocycles. The molecule has 1 saturated heterocycles. The summed E-state index contributed by atoms with van der Waals surface area (Å²) in [6.07, 6.45) is -2.35. The smallest absolute Gasteiger partial charge is 0.492 e. The molecule has 6 aromatic rings. The quantitative estimate of drug-likeness (QED) is 0.168. The molecular formula is C35H31F3N6O5. The highest BCUT2D eigenvalue weighted by molar-refractivity contribution is 5.93. The van der Waals surface area contributed by atoms with Crippen LogP contribution in [0.5, 0.6) is 17.2 Å². The number of pyridine rings is 1. The number of hydrogen-bond donors (Lipinski definition) is 1. The van der Waals surface area contributed by atoms with Crippen molar-refractivity contribution in [3.05, 3.63) is 90.1 Å². The van der Waals surface area contributed by atoms with Crippen LogP contribution in [0.1, 0.15) is 24.0 Å². The lowest BCUT2D eigenvalue weighted by atomic mass is 10.1. The fourth-order valence-corrected chi connectivity index (χ4v) is 5.78. The Bertz CT molecular complexity index is 2110. The normalized spacial score (nSPS) is 15.4. The lowest BCUT2D eigenvalue weighted by Gasteiger charge is -2.31. The summed E-state index contributed by atoms with van der Waals surface area (Å²) in [5.41, 5.74) is 4.77. The van der Waals surface area contributed by atoms with Crippen LogP contribution in [0.3, 0.4) is 0 Å². The Hall–Kier alpha value is -5.63. The van der Waals surface area contributed by atoms with Crippen LogP contribution in [0.2, 0.25) is 0 Å². The number of rotatable bonds is 9. The third-order valence-corrected chi connectivity index (χ3v) is 8.20. The van der Waals surface area contributed by atoms with E-state index in [-0.39, 0.29) is 19.1 Å². The zero-order chi connectivity index (χ0) is 34.1. The third-order valence-electron chi connectivity index (χ3n) is 8.20. The Morgan fingerprint density at radius 2 is 1.82 bits per heavy atom. The second kappa shape index (κ2) is 13.1. The number of hydroxylamine groups is 2. The molecule has 4 heterocycles. The zero-order valence-electron chi connectivity index (χ0n) is 26.5. The van der Waals surface area contributed by atoms with Crippen molar-refractivity contribution in [1.29, 1.82) is 0 Å². The summed E-state index contributed by atoms with van der Waals surface area (Å²) in [6, 6.07) is 22.1. The highest BCUT2D eigenvalue weighted by Gasteiger charge is 2.43. The van der Waals surface area contributed by atoms with E-state index in [2.05, 4.69) is 20.1 Å². The van der Waals surface area contributed by atoms with Crippen molar-refractivity contribution in [1.82, 2.24) is 24.8 Å². The number of anilines is 1. The largest absolute Gasteiger partial charge is 0.497 e. The number of alkyl halides is 3. The number of aryl methyl sites for hydroxylation is 1. The molecule has 1 aliphatic heterocycles. The number of fused-ring (bicyclic) bond motifs is 2. The average molecular weight is 673 g/mol. The van der Waals surface area contributed by atoms with E-state index in [0.717, 1.165) is 38.6 Å². The van der Waals surface area contributed by atoms with Gasteiger partial charge in [0.2, 0.25) is 5.89 Å². The average Bonchev–Trinajstić information content (AvgIpc) is 3.68. The molecule has 3 aromatic heterocycles. The Kier molecular flexibility index (Phi) is 8.55. The first-order chi connectivity index (χ1) is 23.6. The molecule has 1 fully saturated rings. The van der Waals surface area contributed by atoms with Crippen molar-refractivity contribution in [3.63, 3.8) is 0 Å². The van der Waals surface area contributed by atoms with Crippen LogP contribution in [0.15, 0.2) is 83.4 Å². The van der Waals surface area contributed by atoms with Crippen LogP contribution in [0, 0.1) is 6.92 Å². The van der Waals surface area contributed by atoms with E-state index >= 15 is 0 Å². The van der Waals surface area contributed by atoms with Gasteiger partial charge in [-0.25, -0.2) is 19.4 Å². The van der Waals surface area contributed by atoms with E-state index in [9.17, 15) is 18.0 Å². The third kappa shape index (κ3) is 6.85. The molecule has 1 aliphatic rings. The summed E-state index contributed by atoms with van der Waals surface area (Å²) in [5.74, 6) is 0.403. The molecule has 0 amide bonds. The topological polar surface area (TPSA) is 117 Å². The molecule has 0 unspecified atom stereocenters. The van der Waals surface area contributed by atoms with Gasteiger partial charge in [0.25, 0.3) is 0 Å². The number of carbonyl (C=O) groups is 1. The maximum Gasteiger partial charge on any atom is 0.492 e. The summed E-state index contributed by atoms with van der Waals surface area (Å²) in [4.78, 5) is 25.4. The fourth-order valence-electron chi connectivity index (χ4n) is 5.78. The van der Waals surface area contributed by atoms with E-state index in [4.69, 9.17) is 19.0 Å². The first-order valence-corrected chi connectivity index (χ1v) is 15.6. The Morgan fingerprint density at radius 3 is 2.55 bits per heavy atom. The van der Waals surface area contributed by atoms with Gasteiger partial charge in [0.1, 0.15) is 28.2 Å². The number of carbonyl (C=O) groups excluding carboxylic acids is 1. The van der Waals surface area contributed by atoms with Gasteiger partial charge in [0.05, 0.1) is 20.2 Å². The van der Waals surface area contributed by atoms with Gasteiger partial charge in [0, 0.05) is 30.4 Å². The number of piperidine rings is 1. The molecule has 252 valence electrons. The van der Waals surface area contributed by atoms with E-state index in [1.165, 1.54) is 0 Å². The highest BCUT2D eigenvalue weighted by Crippen LogP contribution is 2.36. The second-order valence-corrected chi connectivity index (χ2v) is 11.7. The van der Waals surface area contributed by atoms with Crippen molar-refractivity contribution in [3.8, 4) is 28.7 Å². The molecule has 1 atom stereocenters. The Morgan fingerprint density at radius 1 is 1.04 bits per heavy atom. The lowest BCUT2D eigenvalue weighted by molar-refractivity contribution is -0.241. The van der Waals surface area contributed by atoms with E-state index < -0.39 is 12.1 Å². The summed E-state index contributed by atoms with van der Waals surface area (Å²) < 4.78 is 58.0. The lowest BCUT2D eigenvalue weighted by Crippen LogP contribution is -2.45. The molecule has 0 radical (unpaired) electrons. The van der Waals surface area contributed by atoms with Crippen molar-refractivity contribution in [2.24, 2.45) is 0 Å². The van der Waals surface area contributed by atoms with Crippen LogP contribution in [-0.2, 0) is 16.2 Å². The number of para-hydroxylation sites is 1. The minimum absolute atomic E-state index is 0.0297. The number of nitrogens with one attached hydrogen (secondary N) is 1. The van der Waals surface area contributed by atoms with Crippen LogP contribution in [-0.4, -0.2) is 63.2 Å². The van der Waals surface area contributed by atoms with E-state index in [1.54, 1.807) is 24.1 Å². The van der Waals surface area contributed by atoms with Gasteiger partial charge in [-0.1, -0.05) is 24.3 Å². The number of halogens is 3. The van der Waals surface area contributed by atoms with Crippen LogP contribution in [0.4, 0.5) is 19.0 Å². The van der Waals surface area contributed by atoms with Gasteiger partial charge >= 0.3 is 12.1 Å². The minimum Gasteiger partial charge on any atom is -0.497 e. The van der Waals surface area contributed by atoms with Crippen LogP contribution in [0.25, 0.3) is 33.6 Å². The second-order valence-electron chi connectivity index (χ2n) is 11.7. The number of hydrogen-bond acceptors (Lipinski definition) is 10. The number of nitrogens with zero attached hydrogens (tertiary/aromatic N) is 5. The number of aromatic nitrogens is 4. The SMILES string of the molecule is COc1ccc(Cn2nc(N[C@@H]3CCCN(OC(=O)C(F)(F)F)C3)c3c(Oc4ccc(-c5nc6cccc(C)c6o5)cc4)ccnc32)cc1. The first kappa shape index (κ1) is 31.9. The summed E-state index contributed by atoms with van der Waals surface area (Å²) in [5, 5.41) is 9.81. The highest BCUT2D eigenvalue weighted by atomic mass is 19.4. The summed E-state index contributed by atoms with van der Waals surface area (Å²) in [7, 11) is 1.60. The van der Waals surface area contributed by atoms with Crippen molar-refractivity contribution >= 4 is 33.9 Å². The van der Waals surface area contributed by atoms with E-state index in [0.29, 0.717) is 53.6 Å². The van der Waals surface area contributed by atoms with Crippen molar-refractivity contribution < 1.29 is 36.7 Å². The minimum atomic E-state index is -5.09. The molecule has 0 aliphatic carbocycles. The van der Waals surface area contributed by atoms with Crippen LogP contribution < -0.4 is 14.8 Å². The number of methoxy groups -OCH3 is 1. The van der Waals surface area contributed by atoms with Gasteiger partial charge in [-0.3, -0.25) is 0 Å². The van der Waals surface area contributed by atoms with Crippen molar-refractivity contribution in [2.75, 3.05) is 25.5 Å². The molecule has 1 N–H and O–H groups in total. The first-order valence-electron chi connectivity index (χ1n) is 15.6. The number of oxazole rings is 1. The Balaban J connectivity index is 1.18. The number of ether oxygens (including phenoxy) is 2. The predicted molar refractivity (Wildman–Crippen MR) is 174 cm³/mol. The monoisotopic (exact) mass is 672 g/mol. The van der Waals surface area contributed by atoms with Gasteiger partial charge in [-0.15, -0.1) is 5.06 Å². The van der Waals surface area contributed by atoms with Gasteiger partial charge in [-0.2, -0.15) is 18.3 Å².